The summed E-state index contributed by atoms with van der Waals surface area (Å²) in [6, 6.07) is 19.8. The molecule has 6 heteroatoms. The van der Waals surface area contributed by atoms with Crippen molar-refractivity contribution in [2.24, 2.45) is 0 Å². The van der Waals surface area contributed by atoms with Crippen LogP contribution in [0.5, 0.6) is 0 Å². The zero-order chi connectivity index (χ0) is 18.1. The summed E-state index contributed by atoms with van der Waals surface area (Å²) >= 11 is 7.87. The zero-order valence-corrected chi connectivity index (χ0v) is 15.5. The minimum absolute atomic E-state index is 0.0250. The molecule has 4 nitrogen and oxygen atoms in total. The SMILES string of the molecule is N#CC1=C2SCN(c3ccccc3)CN2C(=O)CC1c1ccccc1Cl. The number of allylic oxidation sites excluding steroid dienone is 1. The highest BCUT2D eigenvalue weighted by Gasteiger charge is 2.38. The third-order valence-electron chi connectivity index (χ3n) is 4.70. The predicted octanol–water partition coefficient (Wildman–Crippen LogP) is 4.56. The Morgan fingerprint density at radius 2 is 1.85 bits per heavy atom. The quantitative estimate of drug-likeness (QED) is 0.765. The number of carbonyl (C=O) groups excluding carboxylic acids is 1. The molecule has 1 atom stereocenters. The summed E-state index contributed by atoms with van der Waals surface area (Å²) in [6.07, 6.45) is 0.263. The van der Waals surface area contributed by atoms with Gasteiger partial charge in [-0.25, -0.2) is 0 Å². The highest BCUT2D eigenvalue weighted by Crippen LogP contribution is 2.44. The first-order chi connectivity index (χ1) is 12.7. The number of fused-ring (bicyclic) bond motifs is 1. The number of amides is 1. The summed E-state index contributed by atoms with van der Waals surface area (Å²) in [7, 11) is 0. The van der Waals surface area contributed by atoms with E-state index in [9.17, 15) is 10.1 Å². The minimum atomic E-state index is -0.275. The van der Waals surface area contributed by atoms with Crippen molar-refractivity contribution in [3.05, 3.63) is 75.8 Å². The molecule has 0 spiro atoms. The number of hydrogen-bond donors (Lipinski definition) is 0. The van der Waals surface area contributed by atoms with Crippen molar-refractivity contribution < 1.29 is 4.79 Å². The number of hydrogen-bond acceptors (Lipinski definition) is 4. The molecule has 0 aliphatic carbocycles. The van der Waals surface area contributed by atoms with Gasteiger partial charge in [0.2, 0.25) is 5.91 Å². The maximum atomic E-state index is 12.9. The van der Waals surface area contributed by atoms with E-state index in [1.807, 2.05) is 48.5 Å². The zero-order valence-electron chi connectivity index (χ0n) is 13.9. The molecule has 0 N–H and O–H groups in total. The van der Waals surface area contributed by atoms with Crippen LogP contribution >= 0.6 is 23.4 Å². The summed E-state index contributed by atoms with van der Waals surface area (Å²) in [4.78, 5) is 16.7. The van der Waals surface area contributed by atoms with Gasteiger partial charge >= 0.3 is 0 Å². The van der Waals surface area contributed by atoms with Crippen molar-refractivity contribution in [3.8, 4) is 6.07 Å². The lowest BCUT2D eigenvalue weighted by molar-refractivity contribution is -0.129. The molecule has 0 bridgehead atoms. The highest BCUT2D eigenvalue weighted by atomic mass is 35.5. The van der Waals surface area contributed by atoms with E-state index in [-0.39, 0.29) is 18.2 Å². The molecule has 1 saturated heterocycles. The maximum Gasteiger partial charge on any atom is 0.229 e. The van der Waals surface area contributed by atoms with Gasteiger partial charge in [0.25, 0.3) is 0 Å². The molecule has 130 valence electrons. The third kappa shape index (κ3) is 2.96. The van der Waals surface area contributed by atoms with E-state index >= 15 is 0 Å². The van der Waals surface area contributed by atoms with Gasteiger partial charge in [0.15, 0.2) is 0 Å². The Hall–Kier alpha value is -2.42. The fourth-order valence-corrected chi connectivity index (χ4v) is 4.82. The van der Waals surface area contributed by atoms with Crippen molar-refractivity contribution in [1.82, 2.24) is 4.90 Å². The predicted molar refractivity (Wildman–Crippen MR) is 105 cm³/mol. The van der Waals surface area contributed by atoms with Crippen molar-refractivity contribution in [2.45, 2.75) is 12.3 Å². The Bertz CT molecular complexity index is 922. The van der Waals surface area contributed by atoms with E-state index in [4.69, 9.17) is 11.6 Å². The van der Waals surface area contributed by atoms with Crippen LogP contribution < -0.4 is 4.90 Å². The molecule has 0 aromatic heterocycles. The van der Waals surface area contributed by atoms with Gasteiger partial charge in [-0.05, 0) is 23.8 Å². The van der Waals surface area contributed by atoms with E-state index in [2.05, 4.69) is 11.0 Å². The summed E-state index contributed by atoms with van der Waals surface area (Å²) < 4.78 is 0. The normalized spacial score (nSPS) is 20.0. The monoisotopic (exact) mass is 381 g/mol. The van der Waals surface area contributed by atoms with Crippen molar-refractivity contribution in [2.75, 3.05) is 17.4 Å². The standard InChI is InChI=1S/C20H16ClN3OS/c21-18-9-5-4-8-15(18)16-10-19(25)24-12-23(14-6-2-1-3-7-14)13-26-20(24)17(16)11-22/h1-9,16H,10,12-13H2. The molecule has 2 aromatic rings. The van der Waals surface area contributed by atoms with Gasteiger partial charge in [0.1, 0.15) is 0 Å². The van der Waals surface area contributed by atoms with Gasteiger partial charge in [-0.3, -0.25) is 9.69 Å². The highest BCUT2D eigenvalue weighted by molar-refractivity contribution is 8.03. The van der Waals surface area contributed by atoms with Crippen LogP contribution in [0.2, 0.25) is 5.02 Å². The molecule has 0 radical (unpaired) electrons. The fourth-order valence-electron chi connectivity index (χ4n) is 3.39. The number of thioether (sulfide) groups is 1. The van der Waals surface area contributed by atoms with E-state index in [1.54, 1.807) is 11.0 Å². The number of carbonyl (C=O) groups is 1. The number of para-hydroxylation sites is 1. The molecule has 1 fully saturated rings. The van der Waals surface area contributed by atoms with Gasteiger partial charge in [-0.15, -0.1) is 0 Å². The van der Waals surface area contributed by atoms with E-state index < -0.39 is 0 Å². The number of halogens is 1. The van der Waals surface area contributed by atoms with E-state index in [0.717, 1.165) is 16.3 Å². The molecule has 2 aliphatic heterocycles. The fraction of sp³-hybridized carbons (Fsp3) is 0.200. The average Bonchev–Trinajstić information content (AvgIpc) is 2.69. The number of benzene rings is 2. The first kappa shape index (κ1) is 17.0. The maximum absolute atomic E-state index is 12.9. The molecular formula is C20H16ClN3OS. The molecule has 2 aliphatic rings. The Balaban J connectivity index is 1.70. The van der Waals surface area contributed by atoms with Crippen LogP contribution in [-0.2, 0) is 4.79 Å². The van der Waals surface area contributed by atoms with Gasteiger partial charge in [0, 0.05) is 23.0 Å². The lowest BCUT2D eigenvalue weighted by atomic mass is 9.86. The van der Waals surface area contributed by atoms with Crippen LogP contribution in [0.15, 0.2) is 65.2 Å². The van der Waals surface area contributed by atoms with Crippen LogP contribution in [0.3, 0.4) is 0 Å². The van der Waals surface area contributed by atoms with Crippen molar-refractivity contribution >= 4 is 35.0 Å². The van der Waals surface area contributed by atoms with Gasteiger partial charge < -0.3 is 4.90 Å². The molecule has 2 heterocycles. The summed E-state index contributed by atoms with van der Waals surface area (Å²) in [6.45, 7) is 0.464. The lowest BCUT2D eigenvalue weighted by Crippen LogP contribution is -2.47. The molecule has 26 heavy (non-hydrogen) atoms. The molecule has 0 saturated carbocycles. The Labute approximate surface area is 161 Å². The Kier molecular flexibility index (Phi) is 4.62. The molecule has 1 unspecified atom stereocenters. The molecule has 2 aromatic carbocycles. The lowest BCUT2D eigenvalue weighted by Gasteiger charge is -2.42. The second-order valence-electron chi connectivity index (χ2n) is 6.22. The van der Waals surface area contributed by atoms with E-state index in [1.165, 1.54) is 11.8 Å². The Morgan fingerprint density at radius 3 is 2.58 bits per heavy atom. The van der Waals surface area contributed by atoms with Crippen LogP contribution in [0.1, 0.15) is 17.9 Å². The second kappa shape index (κ2) is 7.06. The van der Waals surface area contributed by atoms with Gasteiger partial charge in [-0.1, -0.05) is 59.8 Å². The van der Waals surface area contributed by atoms with Gasteiger partial charge in [0.05, 0.1) is 29.2 Å². The largest absolute Gasteiger partial charge is 0.344 e. The number of anilines is 1. The molecule has 4 rings (SSSR count). The summed E-state index contributed by atoms with van der Waals surface area (Å²) in [5.74, 6) is 0.448. The average molecular weight is 382 g/mol. The Morgan fingerprint density at radius 1 is 1.12 bits per heavy atom. The molecule has 1 amide bonds. The van der Waals surface area contributed by atoms with Crippen LogP contribution in [-0.4, -0.2) is 23.4 Å². The number of nitriles is 1. The number of nitrogens with zero attached hydrogens (tertiary/aromatic N) is 3. The van der Waals surface area contributed by atoms with Gasteiger partial charge in [-0.2, -0.15) is 5.26 Å². The van der Waals surface area contributed by atoms with Crippen LogP contribution in [0.4, 0.5) is 5.69 Å². The molecular weight excluding hydrogens is 366 g/mol. The van der Waals surface area contributed by atoms with Crippen molar-refractivity contribution in [1.29, 1.82) is 5.26 Å². The topological polar surface area (TPSA) is 47.3 Å². The first-order valence-electron chi connectivity index (χ1n) is 8.31. The minimum Gasteiger partial charge on any atom is -0.344 e. The summed E-state index contributed by atoms with van der Waals surface area (Å²) in [5.41, 5.74) is 2.55. The second-order valence-corrected chi connectivity index (χ2v) is 7.56. The third-order valence-corrected chi connectivity index (χ3v) is 6.19. The smallest absolute Gasteiger partial charge is 0.229 e. The van der Waals surface area contributed by atoms with Crippen LogP contribution in [0.25, 0.3) is 0 Å². The van der Waals surface area contributed by atoms with E-state index in [0.29, 0.717) is 23.1 Å². The first-order valence-corrected chi connectivity index (χ1v) is 9.67. The number of rotatable bonds is 2. The summed E-state index contributed by atoms with van der Waals surface area (Å²) in [5, 5.41) is 11.2. The van der Waals surface area contributed by atoms with Crippen molar-refractivity contribution in [3.63, 3.8) is 0 Å². The van der Waals surface area contributed by atoms with Crippen LogP contribution in [0, 0.1) is 11.3 Å².